The Hall–Kier alpha value is -1.91. The third-order valence-electron chi connectivity index (χ3n) is 4.52. The molecule has 0 nitrogen and oxygen atoms in total. The third kappa shape index (κ3) is 4.59. The minimum Gasteiger partial charge on any atom is -0.0622 e. The fourth-order valence-electron chi connectivity index (χ4n) is 3.49. The lowest BCUT2D eigenvalue weighted by Gasteiger charge is -2.39. The van der Waals surface area contributed by atoms with E-state index in [-0.39, 0.29) is 13.1 Å². The van der Waals surface area contributed by atoms with E-state index >= 15 is 0 Å². The summed E-state index contributed by atoms with van der Waals surface area (Å²) in [5, 5.41) is 1.74. The van der Waals surface area contributed by atoms with Crippen LogP contribution in [0.4, 0.5) is 0 Å². The molecule has 0 aromatic heterocycles. The van der Waals surface area contributed by atoms with Gasteiger partial charge in [0.25, 0.3) is 0 Å². The Bertz CT molecular complexity index is 757. The topological polar surface area (TPSA) is 0 Å². The van der Waals surface area contributed by atoms with Crippen LogP contribution in [0.3, 0.4) is 0 Å². The highest BCUT2D eigenvalue weighted by atomic mass is 31.1. The van der Waals surface area contributed by atoms with Gasteiger partial charge in [-0.05, 0) is 28.0 Å². The van der Waals surface area contributed by atoms with E-state index in [4.69, 9.17) is 0 Å². The van der Waals surface area contributed by atoms with Crippen molar-refractivity contribution in [3.63, 3.8) is 0 Å². The fourth-order valence-corrected chi connectivity index (χ4v) is 6.92. The van der Waals surface area contributed by atoms with Crippen molar-refractivity contribution in [1.82, 2.24) is 0 Å². The van der Waals surface area contributed by atoms with Crippen molar-refractivity contribution in [2.45, 2.75) is 38.0 Å². The summed E-state index contributed by atoms with van der Waals surface area (Å²) in [7, 11) is -0.360. The molecule has 0 fully saturated rings. The van der Waals surface area contributed by atoms with Crippen LogP contribution in [0.25, 0.3) is 0 Å². The van der Waals surface area contributed by atoms with Crippen LogP contribution in [0.1, 0.15) is 37.6 Å². The van der Waals surface area contributed by atoms with Crippen LogP contribution >= 0.6 is 7.92 Å². The van der Waals surface area contributed by atoms with Crippen LogP contribution in [0.2, 0.25) is 0 Å². The van der Waals surface area contributed by atoms with E-state index in [1.165, 1.54) is 16.4 Å². The summed E-state index contributed by atoms with van der Waals surface area (Å²) in [6.45, 7) is 7.19. The van der Waals surface area contributed by atoms with Gasteiger partial charge in [0, 0.05) is 5.66 Å². The maximum Gasteiger partial charge on any atom is 0.0127 e. The van der Waals surface area contributed by atoms with Crippen molar-refractivity contribution in [3.05, 3.63) is 102 Å². The summed E-state index contributed by atoms with van der Waals surface area (Å²) in [6, 6.07) is 33.1. The van der Waals surface area contributed by atoms with Gasteiger partial charge >= 0.3 is 0 Å². The highest BCUT2D eigenvalue weighted by molar-refractivity contribution is 7.67. The Morgan fingerprint density at radius 2 is 1.16 bits per heavy atom. The van der Waals surface area contributed by atoms with Crippen molar-refractivity contribution in [3.8, 4) is 0 Å². The van der Waals surface area contributed by atoms with Gasteiger partial charge in [0.2, 0.25) is 0 Å². The van der Waals surface area contributed by atoms with Gasteiger partial charge in [-0.1, -0.05) is 120 Å². The second kappa shape index (κ2) is 7.98. The van der Waals surface area contributed by atoms with E-state index in [0.29, 0.717) is 5.66 Å². The summed E-state index contributed by atoms with van der Waals surface area (Å²) in [6.07, 6.45) is 1.09. The molecule has 0 aliphatic carbocycles. The minimum absolute atomic E-state index is 0.242. The van der Waals surface area contributed by atoms with Gasteiger partial charge in [0.15, 0.2) is 0 Å². The molecule has 0 aliphatic rings. The first-order valence-electron chi connectivity index (χ1n) is 8.99. The second-order valence-corrected chi connectivity index (χ2v) is 10.7. The van der Waals surface area contributed by atoms with Crippen LogP contribution in [-0.4, -0.2) is 5.16 Å². The summed E-state index contributed by atoms with van der Waals surface area (Å²) >= 11 is 0. The largest absolute Gasteiger partial charge is 0.0622 e. The van der Waals surface area contributed by atoms with Gasteiger partial charge in [-0.25, -0.2) is 0 Å². The van der Waals surface area contributed by atoms with Crippen molar-refractivity contribution >= 4 is 13.2 Å². The molecule has 1 heteroatoms. The zero-order valence-electron chi connectivity index (χ0n) is 15.4. The van der Waals surface area contributed by atoms with Gasteiger partial charge in [-0.3, -0.25) is 0 Å². The van der Waals surface area contributed by atoms with Crippen molar-refractivity contribution in [1.29, 1.82) is 0 Å². The molecule has 0 bridgehead atoms. The van der Waals surface area contributed by atoms with Crippen molar-refractivity contribution in [2.75, 3.05) is 0 Å². The van der Waals surface area contributed by atoms with Crippen LogP contribution in [-0.2, 0) is 6.42 Å². The average molecular weight is 346 g/mol. The molecule has 0 aliphatic heterocycles. The highest BCUT2D eigenvalue weighted by Crippen LogP contribution is 2.60. The van der Waals surface area contributed by atoms with Crippen molar-refractivity contribution < 1.29 is 0 Å². The summed E-state index contributed by atoms with van der Waals surface area (Å²) in [4.78, 5) is 0. The van der Waals surface area contributed by atoms with Crippen LogP contribution in [0.15, 0.2) is 91.0 Å². The smallest absolute Gasteiger partial charge is 0.0127 e. The summed E-state index contributed by atoms with van der Waals surface area (Å²) < 4.78 is 0. The fraction of sp³-hybridized carbons (Fsp3) is 0.250. The monoisotopic (exact) mass is 346 g/mol. The molecule has 0 amide bonds. The predicted octanol–water partition coefficient (Wildman–Crippen LogP) is 6.58. The lowest BCUT2D eigenvalue weighted by molar-refractivity contribution is 0.762. The average Bonchev–Trinajstić information content (AvgIpc) is 2.63. The molecule has 3 aromatic carbocycles. The Morgan fingerprint density at radius 3 is 1.68 bits per heavy atom. The molecule has 2 atom stereocenters. The molecule has 0 saturated heterocycles. The zero-order valence-corrected chi connectivity index (χ0v) is 16.3. The van der Waals surface area contributed by atoms with Gasteiger partial charge < -0.3 is 0 Å². The second-order valence-electron chi connectivity index (χ2n) is 7.49. The predicted molar refractivity (Wildman–Crippen MR) is 112 cm³/mol. The first-order valence-corrected chi connectivity index (χ1v) is 10.4. The quantitative estimate of drug-likeness (QED) is 0.458. The number of rotatable bonds is 5. The van der Waals surface area contributed by atoms with Crippen LogP contribution < -0.4 is 5.30 Å². The SMILES string of the molecule is CC(C)(C)P(c1ccccc1)C(Cc1ccccc1)c1ccccc1. The van der Waals surface area contributed by atoms with E-state index in [0.717, 1.165) is 6.42 Å². The minimum atomic E-state index is -0.360. The third-order valence-corrected chi connectivity index (χ3v) is 7.93. The molecule has 3 aromatic rings. The lowest BCUT2D eigenvalue weighted by atomic mass is 10.0. The molecular weight excluding hydrogens is 319 g/mol. The first kappa shape index (κ1) is 17.9. The van der Waals surface area contributed by atoms with E-state index in [9.17, 15) is 0 Å². The Labute approximate surface area is 153 Å². The van der Waals surface area contributed by atoms with Gasteiger partial charge in [0.1, 0.15) is 0 Å². The number of hydrogen-bond donors (Lipinski definition) is 0. The number of benzene rings is 3. The molecule has 3 rings (SSSR count). The van der Waals surface area contributed by atoms with E-state index in [1.807, 2.05) is 0 Å². The molecule has 25 heavy (non-hydrogen) atoms. The first-order chi connectivity index (χ1) is 12.1. The highest BCUT2D eigenvalue weighted by Gasteiger charge is 2.33. The van der Waals surface area contributed by atoms with E-state index in [1.54, 1.807) is 0 Å². The normalized spacial score (nSPS) is 14.0. The summed E-state index contributed by atoms with van der Waals surface area (Å²) in [5.74, 6) is 0. The molecular formula is C24H27P. The molecule has 0 N–H and O–H groups in total. The summed E-state index contributed by atoms with van der Waals surface area (Å²) in [5.41, 5.74) is 3.39. The molecule has 0 saturated carbocycles. The maximum atomic E-state index is 2.40. The number of hydrogen-bond acceptors (Lipinski definition) is 0. The molecule has 128 valence electrons. The van der Waals surface area contributed by atoms with Crippen LogP contribution in [0.5, 0.6) is 0 Å². The molecule has 0 radical (unpaired) electrons. The lowest BCUT2D eigenvalue weighted by Crippen LogP contribution is -2.24. The Kier molecular flexibility index (Phi) is 5.71. The maximum absolute atomic E-state index is 2.40. The van der Waals surface area contributed by atoms with E-state index in [2.05, 4.69) is 112 Å². The Morgan fingerprint density at radius 1 is 0.680 bits per heavy atom. The molecule has 0 spiro atoms. The zero-order chi connectivity index (χ0) is 17.7. The Balaban J connectivity index is 2.07. The van der Waals surface area contributed by atoms with E-state index < -0.39 is 0 Å². The standard InChI is InChI=1S/C24H27P/c1-24(2,3)25(22-17-11-6-12-18-22)23(21-15-9-5-10-16-21)19-20-13-7-4-8-14-20/h4-18,23H,19H2,1-3H3. The molecule has 0 heterocycles. The van der Waals surface area contributed by atoms with Gasteiger partial charge in [-0.2, -0.15) is 0 Å². The van der Waals surface area contributed by atoms with Crippen molar-refractivity contribution in [2.24, 2.45) is 0 Å². The van der Waals surface area contributed by atoms with Crippen LogP contribution in [0, 0.1) is 0 Å². The van der Waals surface area contributed by atoms with Gasteiger partial charge in [0.05, 0.1) is 0 Å². The van der Waals surface area contributed by atoms with Gasteiger partial charge in [-0.15, -0.1) is 0 Å². The molecule has 2 unspecified atom stereocenters.